The van der Waals surface area contributed by atoms with E-state index in [1.807, 2.05) is 23.1 Å². The van der Waals surface area contributed by atoms with Gasteiger partial charge in [-0.15, -0.1) is 0 Å². The fourth-order valence-electron chi connectivity index (χ4n) is 3.66. The molecular formula is C21H21F2N3O. The Hall–Kier alpha value is -2.50. The number of benzene rings is 1. The van der Waals surface area contributed by atoms with Gasteiger partial charge in [0, 0.05) is 43.3 Å². The molecule has 1 aromatic carbocycles. The zero-order chi connectivity index (χ0) is 18.4. The Morgan fingerprint density at radius 1 is 1.07 bits per heavy atom. The molecule has 3 heterocycles. The van der Waals surface area contributed by atoms with E-state index < -0.39 is 5.92 Å². The van der Waals surface area contributed by atoms with Gasteiger partial charge in [0.2, 0.25) is 0 Å². The lowest BCUT2D eigenvalue weighted by Crippen LogP contribution is -2.39. The highest BCUT2D eigenvalue weighted by Gasteiger charge is 2.34. The molecule has 2 aromatic rings. The van der Waals surface area contributed by atoms with Crippen molar-refractivity contribution in [3.63, 3.8) is 0 Å². The molecule has 5 rings (SSSR count). The lowest BCUT2D eigenvalue weighted by Gasteiger charge is -2.32. The number of fused-ring (bicyclic) bond motifs is 1. The molecule has 1 aliphatic carbocycles. The second-order valence-electron chi connectivity index (χ2n) is 7.55. The molecule has 1 saturated carbocycles. The Morgan fingerprint density at radius 2 is 1.89 bits per heavy atom. The lowest BCUT2D eigenvalue weighted by atomic mass is 10.00. The summed E-state index contributed by atoms with van der Waals surface area (Å²) in [6.07, 6.45) is 4.10. The molecule has 140 valence electrons. The molecule has 0 atom stereocenters. The van der Waals surface area contributed by atoms with E-state index in [2.05, 4.69) is 17.1 Å². The Bertz CT molecular complexity index is 898. The molecule has 27 heavy (non-hydrogen) atoms. The van der Waals surface area contributed by atoms with E-state index >= 15 is 0 Å². The number of ether oxygens (including phenoxy) is 1. The van der Waals surface area contributed by atoms with Gasteiger partial charge in [-0.3, -0.25) is 4.99 Å². The fourth-order valence-corrected chi connectivity index (χ4v) is 3.66. The predicted molar refractivity (Wildman–Crippen MR) is 100 cm³/mol. The van der Waals surface area contributed by atoms with Crippen LogP contribution in [0.4, 0.5) is 14.6 Å². The Labute approximate surface area is 156 Å². The fraction of sp³-hybridized carbons (Fsp3) is 0.429. The lowest BCUT2D eigenvalue weighted by molar-refractivity contribution is -0.0221. The average Bonchev–Trinajstić information content (AvgIpc) is 3.38. The molecular weight excluding hydrogens is 348 g/mol. The van der Waals surface area contributed by atoms with Crippen LogP contribution in [-0.4, -0.2) is 35.8 Å². The van der Waals surface area contributed by atoms with Gasteiger partial charge in [0.1, 0.15) is 11.6 Å². The number of pyridine rings is 1. The van der Waals surface area contributed by atoms with E-state index in [4.69, 9.17) is 9.73 Å². The van der Waals surface area contributed by atoms with E-state index in [9.17, 15) is 8.78 Å². The number of piperidine rings is 1. The van der Waals surface area contributed by atoms with Crippen LogP contribution in [0.3, 0.4) is 0 Å². The Kier molecular flexibility index (Phi) is 3.88. The molecule has 6 heteroatoms. The second kappa shape index (κ2) is 6.29. The summed E-state index contributed by atoms with van der Waals surface area (Å²) in [4.78, 5) is 11.1. The summed E-state index contributed by atoms with van der Waals surface area (Å²) < 4.78 is 32.8. The quantitative estimate of drug-likeness (QED) is 0.810. The summed E-state index contributed by atoms with van der Waals surface area (Å²) >= 11 is 0. The van der Waals surface area contributed by atoms with Gasteiger partial charge in [0.05, 0.1) is 18.4 Å². The number of halogens is 2. The van der Waals surface area contributed by atoms with Crippen molar-refractivity contribution in [2.45, 2.75) is 44.3 Å². The third-order valence-corrected chi connectivity index (χ3v) is 5.41. The highest BCUT2D eigenvalue weighted by molar-refractivity contribution is 6.15. The van der Waals surface area contributed by atoms with E-state index in [1.54, 1.807) is 6.20 Å². The number of anilines is 1. The number of hydrogen-bond acceptors (Lipinski definition) is 4. The molecule has 4 nitrogen and oxygen atoms in total. The zero-order valence-corrected chi connectivity index (χ0v) is 15.0. The molecule has 0 bridgehead atoms. The van der Waals surface area contributed by atoms with Gasteiger partial charge < -0.3 is 9.64 Å². The monoisotopic (exact) mass is 369 g/mol. The molecule has 0 radical (unpaired) electrons. The van der Waals surface area contributed by atoms with Gasteiger partial charge in [-0.2, -0.15) is 0 Å². The predicted octanol–water partition coefficient (Wildman–Crippen LogP) is 4.21. The summed E-state index contributed by atoms with van der Waals surface area (Å²) in [5.41, 5.74) is 4.18. The third-order valence-electron chi connectivity index (χ3n) is 5.41. The highest BCUT2D eigenvalue weighted by atomic mass is 19.3. The van der Waals surface area contributed by atoms with Crippen LogP contribution >= 0.6 is 0 Å². The molecule has 0 amide bonds. The number of alkyl halides is 2. The second-order valence-corrected chi connectivity index (χ2v) is 7.55. The van der Waals surface area contributed by atoms with E-state index in [0.717, 1.165) is 41.2 Å². The molecule has 2 aliphatic heterocycles. The van der Waals surface area contributed by atoms with Crippen molar-refractivity contribution < 1.29 is 13.5 Å². The third kappa shape index (κ3) is 3.40. The van der Waals surface area contributed by atoms with E-state index in [1.165, 1.54) is 5.56 Å². The minimum Gasteiger partial charge on any atom is -0.490 e. The van der Waals surface area contributed by atoms with Gasteiger partial charge in [-0.05, 0) is 42.7 Å². The van der Waals surface area contributed by atoms with Crippen LogP contribution in [0.1, 0.15) is 42.4 Å². The molecule has 0 N–H and O–H groups in total. The van der Waals surface area contributed by atoms with Crippen LogP contribution in [0.5, 0.6) is 5.75 Å². The first kappa shape index (κ1) is 16.7. The van der Waals surface area contributed by atoms with Crippen LogP contribution in [-0.2, 0) is 6.54 Å². The molecule has 1 aromatic heterocycles. The van der Waals surface area contributed by atoms with Crippen molar-refractivity contribution in [1.29, 1.82) is 0 Å². The number of rotatable bonds is 4. The standard InChI is InChI=1S/C21H21F2N3O/c22-21(23)6-9-26(10-7-21)19-11-14(5-8-24-19)20-18-12-17(27-16-3-4-16)2-1-15(18)13-25-20/h1-2,5,8,11-12,16H,3-4,6-7,9-10,13H2. The zero-order valence-electron chi connectivity index (χ0n) is 15.0. The van der Waals surface area contributed by atoms with Crippen molar-refractivity contribution in [3.05, 3.63) is 53.2 Å². The molecule has 2 fully saturated rings. The number of hydrogen-bond donors (Lipinski definition) is 0. The summed E-state index contributed by atoms with van der Waals surface area (Å²) in [5.74, 6) is -0.927. The maximum absolute atomic E-state index is 13.4. The molecule has 3 aliphatic rings. The van der Waals surface area contributed by atoms with Crippen molar-refractivity contribution in [2.24, 2.45) is 4.99 Å². The number of aromatic nitrogens is 1. The SMILES string of the molecule is FC1(F)CCN(c2cc(C3=NCc4ccc(OC5CC5)cc43)ccn2)CC1. The molecule has 0 unspecified atom stereocenters. The normalized spacial score (nSPS) is 21.0. The van der Waals surface area contributed by atoms with Crippen molar-refractivity contribution >= 4 is 11.5 Å². The first-order valence-corrected chi connectivity index (χ1v) is 9.51. The van der Waals surface area contributed by atoms with Crippen LogP contribution in [0.15, 0.2) is 41.5 Å². The number of aliphatic imine (C=N–C) groups is 1. The van der Waals surface area contributed by atoms with Gasteiger partial charge in [-0.25, -0.2) is 13.8 Å². The summed E-state index contributed by atoms with van der Waals surface area (Å²) in [7, 11) is 0. The van der Waals surface area contributed by atoms with Gasteiger partial charge in [0.25, 0.3) is 5.92 Å². The summed E-state index contributed by atoms with van der Waals surface area (Å²) in [5, 5.41) is 0. The Morgan fingerprint density at radius 3 is 2.67 bits per heavy atom. The topological polar surface area (TPSA) is 37.7 Å². The maximum atomic E-state index is 13.4. The van der Waals surface area contributed by atoms with Crippen LogP contribution < -0.4 is 9.64 Å². The average molecular weight is 369 g/mol. The summed E-state index contributed by atoms with van der Waals surface area (Å²) in [6.45, 7) is 1.31. The summed E-state index contributed by atoms with van der Waals surface area (Å²) in [6, 6.07) is 10.1. The maximum Gasteiger partial charge on any atom is 0.251 e. The van der Waals surface area contributed by atoms with Gasteiger partial charge in [0.15, 0.2) is 0 Å². The largest absolute Gasteiger partial charge is 0.490 e. The highest BCUT2D eigenvalue weighted by Crippen LogP contribution is 2.33. The first-order chi connectivity index (χ1) is 13.1. The molecule has 1 saturated heterocycles. The molecule has 0 spiro atoms. The van der Waals surface area contributed by atoms with Gasteiger partial charge >= 0.3 is 0 Å². The van der Waals surface area contributed by atoms with Crippen molar-refractivity contribution in [3.8, 4) is 5.75 Å². The Balaban J connectivity index is 1.40. The first-order valence-electron chi connectivity index (χ1n) is 9.51. The van der Waals surface area contributed by atoms with Crippen LogP contribution in [0.2, 0.25) is 0 Å². The van der Waals surface area contributed by atoms with Crippen LogP contribution in [0, 0.1) is 0 Å². The van der Waals surface area contributed by atoms with E-state index in [0.29, 0.717) is 25.7 Å². The van der Waals surface area contributed by atoms with Crippen LogP contribution in [0.25, 0.3) is 0 Å². The van der Waals surface area contributed by atoms with Crippen molar-refractivity contribution in [2.75, 3.05) is 18.0 Å². The van der Waals surface area contributed by atoms with Gasteiger partial charge in [-0.1, -0.05) is 6.07 Å². The minimum absolute atomic E-state index is 0.120. The minimum atomic E-state index is -2.56. The smallest absolute Gasteiger partial charge is 0.251 e. The van der Waals surface area contributed by atoms with E-state index in [-0.39, 0.29) is 12.8 Å². The number of nitrogens with zero attached hydrogens (tertiary/aromatic N) is 3. The van der Waals surface area contributed by atoms with Crippen molar-refractivity contribution in [1.82, 2.24) is 4.98 Å².